The fourth-order valence-corrected chi connectivity index (χ4v) is 3.51. The predicted molar refractivity (Wildman–Crippen MR) is 116 cm³/mol. The van der Waals surface area contributed by atoms with Crippen molar-refractivity contribution in [3.63, 3.8) is 0 Å². The second kappa shape index (κ2) is 9.23. The molecular formula is C20H20N4O5S. The molecule has 30 heavy (non-hydrogen) atoms. The molecule has 0 aliphatic carbocycles. The molecule has 0 aliphatic rings. The third-order valence-electron chi connectivity index (χ3n) is 4.23. The second-order valence-corrected chi connectivity index (χ2v) is 6.94. The molecule has 1 aromatic heterocycles. The molecule has 0 saturated heterocycles. The van der Waals surface area contributed by atoms with Crippen LogP contribution in [0.3, 0.4) is 0 Å². The van der Waals surface area contributed by atoms with E-state index in [1.165, 1.54) is 29.5 Å². The molecule has 0 atom stereocenters. The number of carbonyl (C=O) groups excluding carboxylic acids is 1. The molecule has 9 nitrogen and oxygen atoms in total. The Bertz CT molecular complexity index is 1080. The Balaban J connectivity index is 1.84. The number of carbonyl (C=O) groups is 1. The zero-order chi connectivity index (χ0) is 21.7. The van der Waals surface area contributed by atoms with E-state index in [1.807, 2.05) is 6.92 Å². The van der Waals surface area contributed by atoms with Crippen molar-refractivity contribution in [2.45, 2.75) is 6.92 Å². The number of methoxy groups -OCH3 is 2. The normalized spacial score (nSPS) is 10.4. The summed E-state index contributed by atoms with van der Waals surface area (Å²) in [6.45, 7) is 2.36. The van der Waals surface area contributed by atoms with Gasteiger partial charge in [-0.2, -0.15) is 0 Å². The summed E-state index contributed by atoms with van der Waals surface area (Å²) in [5, 5.41) is 19.0. The van der Waals surface area contributed by atoms with Crippen LogP contribution >= 0.6 is 11.3 Å². The van der Waals surface area contributed by atoms with Gasteiger partial charge in [-0.15, -0.1) is 11.3 Å². The first-order valence-electron chi connectivity index (χ1n) is 8.98. The summed E-state index contributed by atoms with van der Waals surface area (Å²) in [5.41, 5.74) is 1.70. The largest absolute Gasteiger partial charge is 0.497 e. The van der Waals surface area contributed by atoms with Crippen LogP contribution in [0.25, 0.3) is 11.3 Å². The summed E-state index contributed by atoms with van der Waals surface area (Å²) in [5.74, 6) is 0.783. The summed E-state index contributed by atoms with van der Waals surface area (Å²) in [4.78, 5) is 27.8. The number of amides is 1. The minimum Gasteiger partial charge on any atom is -0.497 e. The molecule has 0 radical (unpaired) electrons. The number of anilines is 2. The monoisotopic (exact) mass is 428 g/mol. The molecule has 156 valence electrons. The lowest BCUT2D eigenvalue weighted by Crippen LogP contribution is -2.12. The van der Waals surface area contributed by atoms with Crippen molar-refractivity contribution in [3.8, 4) is 22.8 Å². The van der Waals surface area contributed by atoms with Gasteiger partial charge in [0.25, 0.3) is 11.6 Å². The summed E-state index contributed by atoms with van der Waals surface area (Å²) in [7, 11) is 3.13. The van der Waals surface area contributed by atoms with Gasteiger partial charge in [-0.05, 0) is 37.3 Å². The number of hydrogen-bond acceptors (Lipinski definition) is 8. The van der Waals surface area contributed by atoms with Gasteiger partial charge in [-0.25, -0.2) is 4.98 Å². The molecule has 2 N–H and O–H groups in total. The molecular weight excluding hydrogens is 408 g/mol. The highest BCUT2D eigenvalue weighted by Gasteiger charge is 2.18. The van der Waals surface area contributed by atoms with E-state index in [9.17, 15) is 14.9 Å². The molecule has 1 heterocycles. The van der Waals surface area contributed by atoms with Crippen LogP contribution in [0.4, 0.5) is 16.5 Å². The molecule has 0 spiro atoms. The third kappa shape index (κ3) is 4.49. The van der Waals surface area contributed by atoms with E-state index in [0.717, 1.165) is 5.56 Å². The van der Waals surface area contributed by atoms with Crippen LogP contribution in [0, 0.1) is 10.1 Å². The van der Waals surface area contributed by atoms with E-state index in [-0.39, 0.29) is 11.3 Å². The molecule has 0 bridgehead atoms. The van der Waals surface area contributed by atoms with Gasteiger partial charge in [-0.1, -0.05) is 0 Å². The van der Waals surface area contributed by atoms with Gasteiger partial charge in [0.1, 0.15) is 17.2 Å². The van der Waals surface area contributed by atoms with Crippen molar-refractivity contribution in [2.24, 2.45) is 0 Å². The third-order valence-corrected chi connectivity index (χ3v) is 4.99. The van der Waals surface area contributed by atoms with Gasteiger partial charge in [-0.3, -0.25) is 20.2 Å². The maximum Gasteiger partial charge on any atom is 0.293 e. The van der Waals surface area contributed by atoms with Crippen molar-refractivity contribution >= 4 is 33.8 Å². The Hall–Kier alpha value is -3.66. The van der Waals surface area contributed by atoms with Crippen LogP contribution in [0.5, 0.6) is 11.5 Å². The number of nitro benzene ring substituents is 1. The number of benzene rings is 2. The molecule has 1 amide bonds. The SMILES string of the molecule is CCNc1ccc(C(=O)Nc2nc(-c3cc(OC)ccc3OC)cs2)cc1[N+](=O)[O-]. The lowest BCUT2D eigenvalue weighted by Gasteiger charge is -2.08. The maximum absolute atomic E-state index is 12.6. The number of nitrogens with one attached hydrogen (secondary N) is 2. The lowest BCUT2D eigenvalue weighted by atomic mass is 10.1. The molecule has 10 heteroatoms. The van der Waals surface area contributed by atoms with Gasteiger partial charge >= 0.3 is 0 Å². The minimum atomic E-state index is -0.522. The van der Waals surface area contributed by atoms with Crippen LogP contribution in [-0.2, 0) is 0 Å². The number of aromatic nitrogens is 1. The Morgan fingerprint density at radius 3 is 2.67 bits per heavy atom. The molecule has 0 saturated carbocycles. The van der Waals surface area contributed by atoms with E-state index in [0.29, 0.717) is 34.6 Å². The average molecular weight is 428 g/mol. The Morgan fingerprint density at radius 1 is 1.20 bits per heavy atom. The molecule has 0 unspecified atom stereocenters. The van der Waals surface area contributed by atoms with Crippen LogP contribution in [0.2, 0.25) is 0 Å². The Morgan fingerprint density at radius 2 is 2.00 bits per heavy atom. The number of nitrogens with zero attached hydrogens (tertiary/aromatic N) is 2. The van der Waals surface area contributed by atoms with Gasteiger partial charge in [0, 0.05) is 29.1 Å². The fourth-order valence-electron chi connectivity index (χ4n) is 2.80. The van der Waals surface area contributed by atoms with Crippen molar-refractivity contribution in [3.05, 3.63) is 57.5 Å². The van der Waals surface area contributed by atoms with Gasteiger partial charge in [0.2, 0.25) is 0 Å². The van der Waals surface area contributed by atoms with Gasteiger partial charge < -0.3 is 14.8 Å². The Kier molecular flexibility index (Phi) is 6.48. The molecule has 3 aromatic rings. The smallest absolute Gasteiger partial charge is 0.293 e. The molecule has 0 fully saturated rings. The predicted octanol–water partition coefficient (Wildman–Crippen LogP) is 4.42. The quantitative estimate of drug-likeness (QED) is 0.403. The number of thiazole rings is 1. The van der Waals surface area contributed by atoms with Crippen molar-refractivity contribution in [1.29, 1.82) is 0 Å². The molecule has 2 aromatic carbocycles. The highest BCUT2D eigenvalue weighted by atomic mass is 32.1. The average Bonchev–Trinajstić information content (AvgIpc) is 3.21. The van der Waals surface area contributed by atoms with Crippen molar-refractivity contribution in [1.82, 2.24) is 4.98 Å². The highest BCUT2D eigenvalue weighted by Crippen LogP contribution is 2.35. The molecule has 3 rings (SSSR count). The topological polar surface area (TPSA) is 116 Å². The first-order valence-corrected chi connectivity index (χ1v) is 9.86. The zero-order valence-corrected chi connectivity index (χ0v) is 17.4. The Labute approximate surface area is 176 Å². The summed E-state index contributed by atoms with van der Waals surface area (Å²) < 4.78 is 10.6. The van der Waals surface area contributed by atoms with Crippen LogP contribution in [0.15, 0.2) is 41.8 Å². The van der Waals surface area contributed by atoms with Crippen LogP contribution in [-0.4, -0.2) is 36.6 Å². The van der Waals surface area contributed by atoms with Gasteiger partial charge in [0.15, 0.2) is 5.13 Å². The first-order chi connectivity index (χ1) is 14.5. The van der Waals surface area contributed by atoms with E-state index >= 15 is 0 Å². The van der Waals surface area contributed by atoms with Gasteiger partial charge in [0.05, 0.1) is 24.8 Å². The summed E-state index contributed by atoms with van der Waals surface area (Å²) >= 11 is 1.24. The summed E-state index contributed by atoms with van der Waals surface area (Å²) in [6, 6.07) is 9.64. The maximum atomic E-state index is 12.6. The van der Waals surface area contributed by atoms with E-state index < -0.39 is 10.8 Å². The fraction of sp³-hybridized carbons (Fsp3) is 0.200. The van der Waals surface area contributed by atoms with Crippen molar-refractivity contribution < 1.29 is 19.2 Å². The number of rotatable bonds is 8. The van der Waals surface area contributed by atoms with E-state index in [4.69, 9.17) is 9.47 Å². The first kappa shape index (κ1) is 21.1. The summed E-state index contributed by atoms with van der Waals surface area (Å²) in [6.07, 6.45) is 0. The van der Waals surface area contributed by atoms with Crippen molar-refractivity contribution in [2.75, 3.05) is 31.4 Å². The zero-order valence-electron chi connectivity index (χ0n) is 16.6. The lowest BCUT2D eigenvalue weighted by molar-refractivity contribution is -0.384. The minimum absolute atomic E-state index is 0.162. The van der Waals surface area contributed by atoms with Crippen LogP contribution in [0.1, 0.15) is 17.3 Å². The molecule has 0 aliphatic heterocycles. The number of hydrogen-bond donors (Lipinski definition) is 2. The van der Waals surface area contributed by atoms with E-state index in [1.54, 1.807) is 37.8 Å². The van der Waals surface area contributed by atoms with E-state index in [2.05, 4.69) is 15.6 Å². The second-order valence-electron chi connectivity index (χ2n) is 6.08. The van der Waals surface area contributed by atoms with Crippen LogP contribution < -0.4 is 20.1 Å². The highest BCUT2D eigenvalue weighted by molar-refractivity contribution is 7.14. The standard InChI is InChI=1S/C20H20N4O5S/c1-4-21-15-7-5-12(9-17(15)24(26)27)19(25)23-20-22-16(11-30-20)14-10-13(28-2)6-8-18(14)29-3/h5-11,21H,4H2,1-3H3,(H,22,23,25). The number of ether oxygens (including phenoxy) is 2. The number of nitro groups is 1.